The summed E-state index contributed by atoms with van der Waals surface area (Å²) in [5.41, 5.74) is 4.50. The van der Waals surface area contributed by atoms with E-state index in [0.29, 0.717) is 17.9 Å². The Balaban J connectivity index is 1.75. The highest BCUT2D eigenvalue weighted by molar-refractivity contribution is 5.89. The van der Waals surface area contributed by atoms with Crippen LogP contribution < -0.4 is 9.64 Å². The minimum absolute atomic E-state index is 0.101. The van der Waals surface area contributed by atoms with Crippen LogP contribution in [0.15, 0.2) is 91.0 Å². The summed E-state index contributed by atoms with van der Waals surface area (Å²) >= 11 is 0. The zero-order valence-corrected chi connectivity index (χ0v) is 20.0. The average molecular weight is 458 g/mol. The Morgan fingerprint density at radius 2 is 1.41 bits per heavy atom. The van der Waals surface area contributed by atoms with Gasteiger partial charge in [-0.2, -0.15) is 0 Å². The first kappa shape index (κ1) is 24.8. The maximum Gasteiger partial charge on any atom is 0.338 e. The second kappa shape index (κ2) is 11.8. The molecule has 0 aliphatic carbocycles. The molecule has 0 amide bonds. The van der Waals surface area contributed by atoms with Gasteiger partial charge in [0.2, 0.25) is 0 Å². The summed E-state index contributed by atoms with van der Waals surface area (Å²) in [5.74, 6) is -0.231. The minimum Gasteiger partial charge on any atom is -0.465 e. The van der Waals surface area contributed by atoms with E-state index in [-0.39, 0.29) is 11.9 Å². The number of anilines is 3. The molecule has 0 fully saturated rings. The van der Waals surface area contributed by atoms with Gasteiger partial charge in [0.05, 0.1) is 12.5 Å². The fourth-order valence-corrected chi connectivity index (χ4v) is 3.31. The van der Waals surface area contributed by atoms with Crippen LogP contribution in [-0.4, -0.2) is 18.5 Å². The van der Waals surface area contributed by atoms with E-state index in [2.05, 4.69) is 35.7 Å². The Labute approximate surface area is 201 Å². The zero-order chi connectivity index (χ0) is 24.5. The topological polar surface area (TPSA) is 55.8 Å². The highest BCUT2D eigenvalue weighted by Crippen LogP contribution is 2.35. The van der Waals surface area contributed by atoms with Crippen molar-refractivity contribution in [1.29, 1.82) is 0 Å². The predicted octanol–water partition coefficient (Wildman–Crippen LogP) is 6.77. The van der Waals surface area contributed by atoms with Gasteiger partial charge in [0, 0.05) is 22.6 Å². The van der Waals surface area contributed by atoms with Gasteiger partial charge in [0.25, 0.3) is 0 Å². The molecular formula is C29H31NO4. The van der Waals surface area contributed by atoms with Crippen molar-refractivity contribution >= 4 is 29.0 Å². The lowest BCUT2D eigenvalue weighted by Crippen LogP contribution is -2.12. The monoisotopic (exact) mass is 457 g/mol. The summed E-state index contributed by atoms with van der Waals surface area (Å²) in [6.45, 7) is 9.34. The number of hydrogen-bond donors (Lipinski definition) is 0. The van der Waals surface area contributed by atoms with Crippen LogP contribution in [0.5, 0.6) is 5.75 Å². The van der Waals surface area contributed by atoms with Gasteiger partial charge in [0.1, 0.15) is 5.75 Å². The van der Waals surface area contributed by atoms with Crippen molar-refractivity contribution in [2.45, 2.75) is 33.6 Å². The predicted molar refractivity (Wildman–Crippen MR) is 136 cm³/mol. The van der Waals surface area contributed by atoms with Crippen LogP contribution in [0.2, 0.25) is 0 Å². The molecular weight excluding hydrogens is 426 g/mol. The lowest BCUT2D eigenvalue weighted by atomic mass is 10.1. The number of aryl methyl sites for hydroxylation is 1. The van der Waals surface area contributed by atoms with Crippen molar-refractivity contribution in [3.05, 3.63) is 96.6 Å². The molecule has 0 aliphatic rings. The summed E-state index contributed by atoms with van der Waals surface area (Å²) in [7, 11) is 0. The SMILES string of the molecule is C=C(C)C(=O)Oc1ccc(N(c2ccccc2)c2ccc(CCCOC(=O)C(C)C)cc2)cc1. The van der Waals surface area contributed by atoms with Crippen molar-refractivity contribution in [1.82, 2.24) is 0 Å². The molecule has 0 saturated carbocycles. The Morgan fingerprint density at radius 1 is 0.853 bits per heavy atom. The third kappa shape index (κ3) is 6.82. The lowest BCUT2D eigenvalue weighted by Gasteiger charge is -2.25. The number of hydrogen-bond acceptors (Lipinski definition) is 5. The van der Waals surface area contributed by atoms with Crippen molar-refractivity contribution in [2.24, 2.45) is 5.92 Å². The number of nitrogens with zero attached hydrogens (tertiary/aromatic N) is 1. The average Bonchev–Trinajstić information content (AvgIpc) is 2.84. The molecule has 34 heavy (non-hydrogen) atoms. The highest BCUT2D eigenvalue weighted by Gasteiger charge is 2.13. The molecule has 0 spiro atoms. The number of carbonyl (C=O) groups is 2. The fourth-order valence-electron chi connectivity index (χ4n) is 3.31. The van der Waals surface area contributed by atoms with Gasteiger partial charge in [-0.1, -0.05) is 50.8 Å². The van der Waals surface area contributed by atoms with E-state index in [1.807, 2.05) is 56.3 Å². The molecule has 0 bridgehead atoms. The Hall–Kier alpha value is -3.86. The molecule has 5 heteroatoms. The van der Waals surface area contributed by atoms with Crippen LogP contribution in [-0.2, 0) is 20.7 Å². The summed E-state index contributed by atoms with van der Waals surface area (Å²) in [6, 6.07) is 25.8. The Kier molecular flexibility index (Phi) is 8.63. The zero-order valence-electron chi connectivity index (χ0n) is 20.0. The molecule has 0 radical (unpaired) electrons. The summed E-state index contributed by atoms with van der Waals surface area (Å²) < 4.78 is 10.6. The van der Waals surface area contributed by atoms with E-state index in [1.165, 1.54) is 5.56 Å². The molecule has 3 aromatic carbocycles. The second-order valence-corrected chi connectivity index (χ2v) is 8.43. The summed E-state index contributed by atoms with van der Waals surface area (Å²) in [5, 5.41) is 0. The number of rotatable bonds is 10. The molecule has 0 N–H and O–H groups in total. The van der Waals surface area contributed by atoms with Gasteiger partial charge < -0.3 is 14.4 Å². The molecule has 0 heterocycles. The number of ether oxygens (including phenoxy) is 2. The first-order valence-corrected chi connectivity index (χ1v) is 11.4. The van der Waals surface area contributed by atoms with Gasteiger partial charge >= 0.3 is 11.9 Å². The standard InChI is InChI=1S/C29H31NO4/c1-21(2)28(31)33-20-8-9-23-12-14-25(15-13-23)30(24-10-6-5-7-11-24)26-16-18-27(19-17-26)34-29(32)22(3)4/h5-7,10-19,21H,3,8-9,20H2,1-2,4H3. The van der Waals surface area contributed by atoms with E-state index in [0.717, 1.165) is 29.9 Å². The van der Waals surface area contributed by atoms with Gasteiger partial charge in [-0.15, -0.1) is 0 Å². The maximum absolute atomic E-state index is 11.8. The van der Waals surface area contributed by atoms with Gasteiger partial charge in [-0.25, -0.2) is 4.79 Å². The van der Waals surface area contributed by atoms with E-state index < -0.39 is 5.97 Å². The molecule has 0 aromatic heterocycles. The number of esters is 2. The van der Waals surface area contributed by atoms with E-state index in [9.17, 15) is 9.59 Å². The maximum atomic E-state index is 11.8. The normalized spacial score (nSPS) is 10.6. The highest BCUT2D eigenvalue weighted by atomic mass is 16.5. The van der Waals surface area contributed by atoms with Crippen molar-refractivity contribution < 1.29 is 19.1 Å². The van der Waals surface area contributed by atoms with Crippen LogP contribution in [0.4, 0.5) is 17.1 Å². The van der Waals surface area contributed by atoms with E-state index >= 15 is 0 Å². The molecule has 0 unspecified atom stereocenters. The van der Waals surface area contributed by atoms with Crippen molar-refractivity contribution in [3.8, 4) is 5.75 Å². The smallest absolute Gasteiger partial charge is 0.338 e. The van der Waals surface area contributed by atoms with Gasteiger partial charge in [0.15, 0.2) is 0 Å². The molecule has 0 aliphatic heterocycles. The molecule has 0 saturated heterocycles. The second-order valence-electron chi connectivity index (χ2n) is 8.43. The first-order chi connectivity index (χ1) is 16.3. The summed E-state index contributed by atoms with van der Waals surface area (Å²) in [4.78, 5) is 25.5. The first-order valence-electron chi connectivity index (χ1n) is 11.4. The van der Waals surface area contributed by atoms with E-state index in [4.69, 9.17) is 9.47 Å². The van der Waals surface area contributed by atoms with Crippen LogP contribution >= 0.6 is 0 Å². The fraction of sp³-hybridized carbons (Fsp3) is 0.241. The number of benzene rings is 3. The molecule has 3 aromatic rings. The Bertz CT molecular complexity index is 1100. The number of para-hydroxylation sites is 1. The third-order valence-electron chi connectivity index (χ3n) is 5.19. The third-order valence-corrected chi connectivity index (χ3v) is 5.19. The van der Waals surface area contributed by atoms with Crippen LogP contribution in [0, 0.1) is 5.92 Å². The molecule has 176 valence electrons. The molecule has 5 nitrogen and oxygen atoms in total. The molecule has 3 rings (SSSR count). The van der Waals surface area contributed by atoms with Crippen LogP contribution in [0.1, 0.15) is 32.8 Å². The Morgan fingerprint density at radius 3 is 1.97 bits per heavy atom. The largest absolute Gasteiger partial charge is 0.465 e. The van der Waals surface area contributed by atoms with Crippen molar-refractivity contribution in [2.75, 3.05) is 11.5 Å². The lowest BCUT2D eigenvalue weighted by molar-refractivity contribution is -0.147. The van der Waals surface area contributed by atoms with E-state index in [1.54, 1.807) is 19.1 Å². The van der Waals surface area contributed by atoms with Crippen molar-refractivity contribution in [3.63, 3.8) is 0 Å². The van der Waals surface area contributed by atoms with Gasteiger partial charge in [-0.05, 0) is 73.9 Å². The van der Waals surface area contributed by atoms with Gasteiger partial charge in [-0.3, -0.25) is 4.79 Å². The number of carbonyl (C=O) groups excluding carboxylic acids is 2. The quantitative estimate of drug-likeness (QED) is 0.146. The minimum atomic E-state index is -0.442. The van der Waals surface area contributed by atoms with Crippen LogP contribution in [0.25, 0.3) is 0 Å². The van der Waals surface area contributed by atoms with Crippen LogP contribution in [0.3, 0.4) is 0 Å². The molecule has 0 atom stereocenters. The summed E-state index contributed by atoms with van der Waals surface area (Å²) in [6.07, 6.45) is 1.62.